The number of unbranched alkanes of at least 4 members (excludes halogenated alkanes) is 7. The smallest absolute Gasteiger partial charge is 0.301 e. The Bertz CT molecular complexity index is 453. The summed E-state index contributed by atoms with van der Waals surface area (Å²) in [4.78, 5) is 24.6. The van der Waals surface area contributed by atoms with E-state index in [-0.39, 0.29) is 11.2 Å². The van der Waals surface area contributed by atoms with E-state index >= 15 is 0 Å². The maximum atomic E-state index is 11.4. The zero-order valence-electron chi connectivity index (χ0n) is 11.4. The van der Waals surface area contributed by atoms with E-state index < -0.39 is 0 Å². The van der Waals surface area contributed by atoms with Crippen LogP contribution in [0.5, 0.6) is 0 Å². The van der Waals surface area contributed by atoms with Crippen LogP contribution in [0.4, 0.5) is 0 Å². The van der Waals surface area contributed by atoms with E-state index in [2.05, 4.69) is 17.6 Å². The minimum absolute atomic E-state index is 0.306. The van der Waals surface area contributed by atoms with Crippen LogP contribution in [0.15, 0.2) is 21.9 Å². The number of H-pyrrole nitrogens is 1. The third kappa shape index (κ3) is 7.25. The van der Waals surface area contributed by atoms with Crippen molar-refractivity contribution >= 4 is 12.6 Å². The maximum Gasteiger partial charge on any atom is 0.328 e. The molecular formula is C14H24N2O2S. The monoisotopic (exact) mass is 284 g/mol. The van der Waals surface area contributed by atoms with Crippen molar-refractivity contribution in [2.24, 2.45) is 0 Å². The van der Waals surface area contributed by atoms with Gasteiger partial charge in [-0.3, -0.25) is 9.78 Å². The Morgan fingerprint density at radius 3 is 2.11 bits per heavy atom. The second kappa shape index (κ2) is 9.89. The summed E-state index contributed by atoms with van der Waals surface area (Å²) in [5, 5.41) is 0. The van der Waals surface area contributed by atoms with Gasteiger partial charge in [0.1, 0.15) is 0 Å². The highest BCUT2D eigenvalue weighted by Crippen LogP contribution is 2.09. The SMILES string of the molecule is O=c1ccn(CCCCCCCCCCS)c(=O)[nH]1. The van der Waals surface area contributed by atoms with Gasteiger partial charge in [-0.1, -0.05) is 38.5 Å². The van der Waals surface area contributed by atoms with Gasteiger partial charge < -0.3 is 4.57 Å². The first-order chi connectivity index (χ1) is 9.24. The molecule has 0 aromatic carbocycles. The van der Waals surface area contributed by atoms with Crippen molar-refractivity contribution in [2.45, 2.75) is 57.9 Å². The molecule has 108 valence electrons. The van der Waals surface area contributed by atoms with Gasteiger partial charge in [-0.2, -0.15) is 12.6 Å². The molecule has 0 amide bonds. The van der Waals surface area contributed by atoms with Crippen LogP contribution in [-0.4, -0.2) is 15.3 Å². The van der Waals surface area contributed by atoms with Gasteiger partial charge in [-0.15, -0.1) is 0 Å². The Morgan fingerprint density at radius 2 is 1.53 bits per heavy atom. The van der Waals surface area contributed by atoms with Crippen LogP contribution in [0.25, 0.3) is 0 Å². The van der Waals surface area contributed by atoms with Crippen molar-refractivity contribution in [1.82, 2.24) is 9.55 Å². The van der Waals surface area contributed by atoms with Gasteiger partial charge in [-0.25, -0.2) is 4.79 Å². The normalized spacial score (nSPS) is 10.8. The van der Waals surface area contributed by atoms with Crippen LogP contribution in [0.3, 0.4) is 0 Å². The summed E-state index contributed by atoms with van der Waals surface area (Å²) in [7, 11) is 0. The molecule has 1 aromatic rings. The number of aromatic amines is 1. The Morgan fingerprint density at radius 1 is 0.947 bits per heavy atom. The molecule has 0 aliphatic rings. The molecule has 1 aromatic heterocycles. The summed E-state index contributed by atoms with van der Waals surface area (Å²) >= 11 is 4.19. The molecule has 1 heterocycles. The average molecular weight is 284 g/mol. The molecular weight excluding hydrogens is 260 g/mol. The summed E-state index contributed by atoms with van der Waals surface area (Å²) in [6.07, 6.45) is 11.3. The minimum Gasteiger partial charge on any atom is -0.301 e. The molecule has 19 heavy (non-hydrogen) atoms. The van der Waals surface area contributed by atoms with E-state index in [0.717, 1.165) is 18.6 Å². The summed E-state index contributed by atoms with van der Waals surface area (Å²) < 4.78 is 1.56. The number of thiol groups is 1. The van der Waals surface area contributed by atoms with Crippen LogP contribution < -0.4 is 11.2 Å². The first-order valence-corrected chi connectivity index (χ1v) is 7.78. The molecule has 1 N–H and O–H groups in total. The number of aromatic nitrogens is 2. The van der Waals surface area contributed by atoms with E-state index in [9.17, 15) is 9.59 Å². The van der Waals surface area contributed by atoms with Crippen molar-refractivity contribution in [3.8, 4) is 0 Å². The fourth-order valence-electron chi connectivity index (χ4n) is 2.07. The molecule has 4 nitrogen and oxygen atoms in total. The fourth-order valence-corrected chi connectivity index (χ4v) is 2.30. The topological polar surface area (TPSA) is 54.9 Å². The lowest BCUT2D eigenvalue weighted by Gasteiger charge is -2.04. The highest BCUT2D eigenvalue weighted by atomic mass is 32.1. The Labute approximate surface area is 119 Å². The molecule has 0 spiro atoms. The van der Waals surface area contributed by atoms with Crippen LogP contribution >= 0.6 is 12.6 Å². The zero-order valence-corrected chi connectivity index (χ0v) is 12.3. The number of rotatable bonds is 10. The fraction of sp³-hybridized carbons (Fsp3) is 0.714. The van der Waals surface area contributed by atoms with Crippen molar-refractivity contribution in [1.29, 1.82) is 0 Å². The average Bonchev–Trinajstić information content (AvgIpc) is 2.39. The predicted octanol–water partition coefficient (Wildman–Crippen LogP) is 2.59. The Kier molecular flexibility index (Phi) is 8.38. The molecule has 1 rings (SSSR count). The Hall–Kier alpha value is -0.970. The standard InChI is InChI=1S/C14H24N2O2S/c17-13-9-11-16(14(18)15-13)10-7-5-3-1-2-4-6-8-12-19/h9,11,19H,1-8,10,12H2,(H,15,17,18). The van der Waals surface area contributed by atoms with Crippen molar-refractivity contribution in [3.63, 3.8) is 0 Å². The van der Waals surface area contributed by atoms with Crippen molar-refractivity contribution in [2.75, 3.05) is 5.75 Å². The number of nitrogens with one attached hydrogen (secondary N) is 1. The first kappa shape index (κ1) is 16.1. The molecule has 0 aliphatic carbocycles. The molecule has 0 aliphatic heterocycles. The van der Waals surface area contributed by atoms with Gasteiger partial charge >= 0.3 is 5.69 Å². The van der Waals surface area contributed by atoms with E-state index in [0.29, 0.717) is 6.54 Å². The van der Waals surface area contributed by atoms with Crippen LogP contribution in [0.2, 0.25) is 0 Å². The third-order valence-electron chi connectivity index (χ3n) is 3.20. The molecule has 0 radical (unpaired) electrons. The van der Waals surface area contributed by atoms with Gasteiger partial charge in [0.2, 0.25) is 0 Å². The van der Waals surface area contributed by atoms with Gasteiger partial charge in [0.15, 0.2) is 0 Å². The summed E-state index contributed by atoms with van der Waals surface area (Å²) in [5.74, 6) is 0.994. The molecule has 0 fully saturated rings. The van der Waals surface area contributed by atoms with E-state index in [1.807, 2.05) is 0 Å². The Balaban J connectivity index is 2.05. The van der Waals surface area contributed by atoms with Gasteiger partial charge in [0.05, 0.1) is 0 Å². The highest BCUT2D eigenvalue weighted by Gasteiger charge is 1.96. The van der Waals surface area contributed by atoms with Gasteiger partial charge in [-0.05, 0) is 18.6 Å². The van der Waals surface area contributed by atoms with Gasteiger partial charge in [0, 0.05) is 18.8 Å². The number of aryl methyl sites for hydroxylation is 1. The van der Waals surface area contributed by atoms with E-state index in [4.69, 9.17) is 0 Å². The molecule has 0 atom stereocenters. The van der Waals surface area contributed by atoms with Crippen molar-refractivity contribution < 1.29 is 0 Å². The van der Waals surface area contributed by atoms with Crippen LogP contribution in [0, 0.1) is 0 Å². The van der Waals surface area contributed by atoms with Gasteiger partial charge in [0.25, 0.3) is 5.56 Å². The van der Waals surface area contributed by atoms with Crippen molar-refractivity contribution in [3.05, 3.63) is 33.1 Å². The lowest BCUT2D eigenvalue weighted by molar-refractivity contribution is 0.532. The third-order valence-corrected chi connectivity index (χ3v) is 3.52. The largest absolute Gasteiger partial charge is 0.328 e. The van der Waals surface area contributed by atoms with Crippen LogP contribution in [0.1, 0.15) is 51.4 Å². The maximum absolute atomic E-state index is 11.4. The molecule has 0 saturated carbocycles. The number of hydrogen-bond acceptors (Lipinski definition) is 3. The molecule has 0 unspecified atom stereocenters. The highest BCUT2D eigenvalue weighted by molar-refractivity contribution is 7.80. The number of nitrogens with zero attached hydrogens (tertiary/aromatic N) is 1. The summed E-state index contributed by atoms with van der Waals surface area (Å²) in [6, 6.07) is 1.39. The lowest BCUT2D eigenvalue weighted by Crippen LogP contribution is -2.28. The molecule has 0 bridgehead atoms. The quantitative estimate of drug-likeness (QED) is 0.512. The first-order valence-electron chi connectivity index (χ1n) is 7.14. The number of hydrogen-bond donors (Lipinski definition) is 2. The second-order valence-electron chi connectivity index (χ2n) is 4.86. The summed E-state index contributed by atoms with van der Waals surface area (Å²) in [5.41, 5.74) is -0.637. The van der Waals surface area contributed by atoms with E-state index in [1.54, 1.807) is 10.8 Å². The van der Waals surface area contributed by atoms with Crippen LogP contribution in [-0.2, 0) is 6.54 Å². The second-order valence-corrected chi connectivity index (χ2v) is 5.30. The van der Waals surface area contributed by atoms with E-state index in [1.165, 1.54) is 44.6 Å². The molecule has 0 saturated heterocycles. The predicted molar refractivity (Wildman–Crippen MR) is 82.1 cm³/mol. The lowest BCUT2D eigenvalue weighted by atomic mass is 10.1. The summed E-state index contributed by atoms with van der Waals surface area (Å²) in [6.45, 7) is 0.690. The zero-order chi connectivity index (χ0) is 13.9. The minimum atomic E-state index is -0.331. The molecule has 5 heteroatoms.